The zero-order chi connectivity index (χ0) is 9.97. The molecular formula is C11H22N2S. The van der Waals surface area contributed by atoms with E-state index in [4.69, 9.17) is 0 Å². The molecule has 3 atom stereocenters. The zero-order valence-corrected chi connectivity index (χ0v) is 10.1. The molecule has 2 heterocycles. The van der Waals surface area contributed by atoms with Crippen molar-refractivity contribution in [3.05, 3.63) is 0 Å². The van der Waals surface area contributed by atoms with Gasteiger partial charge in [-0.1, -0.05) is 0 Å². The van der Waals surface area contributed by atoms with Gasteiger partial charge in [-0.3, -0.25) is 4.90 Å². The highest BCUT2D eigenvalue weighted by Gasteiger charge is 2.30. The summed E-state index contributed by atoms with van der Waals surface area (Å²) in [6, 6.07) is 1.56. The molecule has 0 radical (unpaired) electrons. The standard InChI is InChI=1S/C11H22N2S/c1-9-8-14-6-5-13(9)10(2)11-3-4-12-7-11/h9-12H,3-8H2,1-2H3. The molecule has 1 N–H and O–H groups in total. The van der Waals surface area contributed by atoms with Crippen LogP contribution in [0.15, 0.2) is 0 Å². The molecule has 0 aromatic carbocycles. The third-order valence-corrected chi connectivity index (χ3v) is 4.91. The molecule has 2 rings (SSSR count). The van der Waals surface area contributed by atoms with E-state index < -0.39 is 0 Å². The topological polar surface area (TPSA) is 15.3 Å². The summed E-state index contributed by atoms with van der Waals surface area (Å²) in [4.78, 5) is 2.72. The van der Waals surface area contributed by atoms with Gasteiger partial charge in [0.15, 0.2) is 0 Å². The average molecular weight is 214 g/mol. The minimum Gasteiger partial charge on any atom is -0.316 e. The predicted molar refractivity (Wildman–Crippen MR) is 63.9 cm³/mol. The van der Waals surface area contributed by atoms with Gasteiger partial charge in [-0.15, -0.1) is 0 Å². The molecule has 0 aliphatic carbocycles. The van der Waals surface area contributed by atoms with Crippen molar-refractivity contribution in [3.8, 4) is 0 Å². The van der Waals surface area contributed by atoms with E-state index in [1.165, 1.54) is 37.6 Å². The summed E-state index contributed by atoms with van der Waals surface area (Å²) in [7, 11) is 0. The second kappa shape index (κ2) is 4.86. The number of thioether (sulfide) groups is 1. The molecule has 0 aromatic rings. The van der Waals surface area contributed by atoms with E-state index in [-0.39, 0.29) is 0 Å². The third-order valence-electron chi connectivity index (χ3n) is 3.72. The molecule has 2 fully saturated rings. The molecule has 0 aromatic heterocycles. The fraction of sp³-hybridized carbons (Fsp3) is 1.00. The Kier molecular flexibility index (Phi) is 3.74. The fourth-order valence-electron chi connectivity index (χ4n) is 2.70. The van der Waals surface area contributed by atoms with Gasteiger partial charge in [-0.2, -0.15) is 11.8 Å². The first kappa shape index (κ1) is 10.8. The Morgan fingerprint density at radius 1 is 1.50 bits per heavy atom. The van der Waals surface area contributed by atoms with Crippen molar-refractivity contribution in [3.63, 3.8) is 0 Å². The highest BCUT2D eigenvalue weighted by Crippen LogP contribution is 2.24. The van der Waals surface area contributed by atoms with Crippen molar-refractivity contribution in [2.45, 2.75) is 32.4 Å². The number of hydrogen-bond acceptors (Lipinski definition) is 3. The Hall–Kier alpha value is 0.270. The van der Waals surface area contributed by atoms with Crippen LogP contribution in [0.1, 0.15) is 20.3 Å². The normalized spacial score (nSPS) is 37.3. The number of nitrogens with one attached hydrogen (secondary N) is 1. The highest BCUT2D eigenvalue weighted by atomic mass is 32.2. The first-order valence-electron chi connectivity index (χ1n) is 5.83. The summed E-state index contributed by atoms with van der Waals surface area (Å²) < 4.78 is 0. The Labute approximate surface area is 91.8 Å². The third kappa shape index (κ3) is 2.26. The number of hydrogen-bond donors (Lipinski definition) is 1. The summed E-state index contributed by atoms with van der Waals surface area (Å²) in [6.07, 6.45) is 1.37. The van der Waals surface area contributed by atoms with Crippen molar-refractivity contribution in [1.29, 1.82) is 0 Å². The van der Waals surface area contributed by atoms with Crippen LogP contribution in [-0.2, 0) is 0 Å². The predicted octanol–water partition coefficient (Wildman–Crippen LogP) is 1.42. The molecule has 0 bridgehead atoms. The molecule has 2 saturated heterocycles. The maximum Gasteiger partial charge on any atom is 0.0161 e. The van der Waals surface area contributed by atoms with Gasteiger partial charge in [0.2, 0.25) is 0 Å². The molecule has 0 spiro atoms. The van der Waals surface area contributed by atoms with Gasteiger partial charge in [-0.05, 0) is 39.3 Å². The zero-order valence-electron chi connectivity index (χ0n) is 9.33. The van der Waals surface area contributed by atoms with Crippen molar-refractivity contribution in [2.24, 2.45) is 5.92 Å². The van der Waals surface area contributed by atoms with Crippen LogP contribution in [0.25, 0.3) is 0 Å². The van der Waals surface area contributed by atoms with E-state index in [0.717, 1.165) is 18.0 Å². The van der Waals surface area contributed by atoms with Gasteiger partial charge < -0.3 is 5.32 Å². The van der Waals surface area contributed by atoms with Crippen LogP contribution in [0.3, 0.4) is 0 Å². The summed E-state index contributed by atoms with van der Waals surface area (Å²) in [5.74, 6) is 3.54. The number of rotatable bonds is 2. The largest absolute Gasteiger partial charge is 0.316 e. The molecule has 14 heavy (non-hydrogen) atoms. The molecule has 0 saturated carbocycles. The maximum atomic E-state index is 3.48. The van der Waals surface area contributed by atoms with E-state index in [1.54, 1.807) is 0 Å². The summed E-state index contributed by atoms with van der Waals surface area (Å²) in [5, 5.41) is 3.48. The van der Waals surface area contributed by atoms with E-state index in [0.29, 0.717) is 0 Å². The molecule has 3 heteroatoms. The Morgan fingerprint density at radius 2 is 2.36 bits per heavy atom. The smallest absolute Gasteiger partial charge is 0.0161 e. The van der Waals surface area contributed by atoms with Crippen LogP contribution in [0.2, 0.25) is 0 Å². The Bertz CT molecular complexity index is 180. The number of nitrogens with zero attached hydrogens (tertiary/aromatic N) is 1. The van der Waals surface area contributed by atoms with Gasteiger partial charge in [-0.25, -0.2) is 0 Å². The monoisotopic (exact) mass is 214 g/mol. The van der Waals surface area contributed by atoms with Crippen LogP contribution >= 0.6 is 11.8 Å². The summed E-state index contributed by atoms with van der Waals surface area (Å²) in [6.45, 7) is 8.56. The molecular weight excluding hydrogens is 192 g/mol. The molecule has 2 aliphatic heterocycles. The van der Waals surface area contributed by atoms with Gasteiger partial charge in [0, 0.05) is 30.1 Å². The summed E-state index contributed by atoms with van der Waals surface area (Å²) in [5.41, 5.74) is 0. The average Bonchev–Trinajstić information content (AvgIpc) is 2.70. The van der Waals surface area contributed by atoms with Crippen molar-refractivity contribution in [2.75, 3.05) is 31.1 Å². The van der Waals surface area contributed by atoms with E-state index in [9.17, 15) is 0 Å². The maximum absolute atomic E-state index is 3.48. The van der Waals surface area contributed by atoms with E-state index in [1.807, 2.05) is 0 Å². The van der Waals surface area contributed by atoms with E-state index in [2.05, 4.69) is 35.8 Å². The first-order valence-corrected chi connectivity index (χ1v) is 6.98. The lowest BCUT2D eigenvalue weighted by atomic mass is 9.98. The molecule has 0 amide bonds. The van der Waals surface area contributed by atoms with Gasteiger partial charge in [0.1, 0.15) is 0 Å². The second-order valence-corrected chi connectivity index (χ2v) is 5.81. The lowest BCUT2D eigenvalue weighted by molar-refractivity contribution is 0.131. The van der Waals surface area contributed by atoms with Crippen LogP contribution < -0.4 is 5.32 Å². The van der Waals surface area contributed by atoms with Crippen molar-refractivity contribution >= 4 is 11.8 Å². The van der Waals surface area contributed by atoms with Crippen molar-refractivity contribution < 1.29 is 0 Å². The van der Waals surface area contributed by atoms with Gasteiger partial charge in [0.05, 0.1) is 0 Å². The van der Waals surface area contributed by atoms with Crippen LogP contribution in [0.4, 0.5) is 0 Å². The quantitative estimate of drug-likeness (QED) is 0.748. The molecule has 82 valence electrons. The Morgan fingerprint density at radius 3 is 3.00 bits per heavy atom. The first-order chi connectivity index (χ1) is 6.79. The minimum atomic E-state index is 0.779. The minimum absolute atomic E-state index is 0.779. The lowest BCUT2D eigenvalue weighted by Crippen LogP contribution is -2.49. The Balaban J connectivity index is 1.91. The fourth-order valence-corrected chi connectivity index (χ4v) is 3.74. The second-order valence-electron chi connectivity index (χ2n) is 4.66. The van der Waals surface area contributed by atoms with Crippen LogP contribution in [0, 0.1) is 5.92 Å². The van der Waals surface area contributed by atoms with Crippen molar-refractivity contribution in [1.82, 2.24) is 10.2 Å². The molecule has 3 unspecified atom stereocenters. The molecule has 2 aliphatic rings. The summed E-state index contributed by atoms with van der Waals surface area (Å²) >= 11 is 2.11. The van der Waals surface area contributed by atoms with Crippen LogP contribution in [-0.4, -0.2) is 48.1 Å². The molecule has 2 nitrogen and oxygen atoms in total. The van der Waals surface area contributed by atoms with Crippen LogP contribution in [0.5, 0.6) is 0 Å². The van der Waals surface area contributed by atoms with Gasteiger partial charge >= 0.3 is 0 Å². The lowest BCUT2D eigenvalue weighted by Gasteiger charge is -2.40. The highest BCUT2D eigenvalue weighted by molar-refractivity contribution is 7.99. The van der Waals surface area contributed by atoms with E-state index >= 15 is 0 Å². The van der Waals surface area contributed by atoms with Gasteiger partial charge in [0.25, 0.3) is 0 Å². The SMILES string of the molecule is CC1CSCCN1C(C)C1CCNC1.